The number of hydrogen-bond acceptors (Lipinski definition) is 4. The van der Waals surface area contributed by atoms with E-state index in [-0.39, 0.29) is 6.71 Å². The Hall–Kier alpha value is -7.89. The van der Waals surface area contributed by atoms with E-state index in [9.17, 15) is 0 Å². The molecule has 67 heavy (non-hydrogen) atoms. The molecule has 4 nitrogen and oxygen atoms in total. The van der Waals surface area contributed by atoms with Gasteiger partial charge >= 0.3 is 0 Å². The largest absolute Gasteiger partial charge is 0.278 e. The van der Waals surface area contributed by atoms with Crippen LogP contribution in [0, 0.1) is 48.5 Å². The first-order valence-corrected chi connectivity index (χ1v) is 23.2. The molecule has 0 aliphatic heterocycles. The van der Waals surface area contributed by atoms with Crippen molar-refractivity contribution in [1.29, 1.82) is 0 Å². The molecular weight excluding hydrogens is 812 g/mol. The van der Waals surface area contributed by atoms with Gasteiger partial charge in [0.25, 0.3) is 0 Å². The van der Waals surface area contributed by atoms with E-state index in [0.717, 1.165) is 61.1 Å². The Kier molecular flexibility index (Phi) is 11.7. The molecule has 10 aromatic rings. The van der Waals surface area contributed by atoms with E-state index >= 15 is 0 Å². The summed E-state index contributed by atoms with van der Waals surface area (Å²) in [5.74, 6) is 1.72. The molecule has 0 unspecified atom stereocenters. The summed E-state index contributed by atoms with van der Waals surface area (Å²) in [5, 5.41) is 2.28. The summed E-state index contributed by atoms with van der Waals surface area (Å²) in [5.41, 5.74) is 20.9. The van der Waals surface area contributed by atoms with Gasteiger partial charge in [0, 0.05) is 16.7 Å². The normalized spacial score (nSPS) is 11.2. The Labute approximate surface area is 395 Å². The van der Waals surface area contributed by atoms with Crippen LogP contribution in [0.1, 0.15) is 38.9 Å². The second-order valence-corrected chi connectivity index (χ2v) is 18.1. The highest BCUT2D eigenvalue weighted by molar-refractivity contribution is 6.96. The molecular formula is C62H53BN4. The van der Waals surface area contributed by atoms with Crippen LogP contribution in [-0.4, -0.2) is 21.7 Å². The first-order valence-electron chi connectivity index (χ1n) is 23.2. The van der Waals surface area contributed by atoms with Crippen LogP contribution >= 0.6 is 0 Å². The van der Waals surface area contributed by atoms with E-state index < -0.39 is 0 Å². The lowest BCUT2D eigenvalue weighted by Gasteiger charge is -2.30. The summed E-state index contributed by atoms with van der Waals surface area (Å²) in [4.78, 5) is 18.6. The molecule has 0 aliphatic carbocycles. The van der Waals surface area contributed by atoms with Crippen LogP contribution in [0.3, 0.4) is 0 Å². The Bertz CT molecular complexity index is 3330. The third-order valence-corrected chi connectivity index (χ3v) is 13.1. The van der Waals surface area contributed by atoms with Gasteiger partial charge in [0.05, 0.1) is 11.4 Å². The van der Waals surface area contributed by atoms with Crippen molar-refractivity contribution in [3.63, 3.8) is 0 Å². The molecule has 5 heteroatoms. The molecule has 0 radical (unpaired) electrons. The lowest BCUT2D eigenvalue weighted by atomic mass is 9.34. The SMILES string of the molecule is Cc1cc(C)c(B(c2ccc(N(c3nc(-c4ccccc4)nc(-c4ccccc4-c4ccccc4)n3)c3cc4ccccc4cc3-c3ccccc3)c(C)c2)c2c(C)cc(C)cc2C)c(C)c1. The Morgan fingerprint density at radius 2 is 0.806 bits per heavy atom. The number of aryl methyl sites for hydroxylation is 7. The smallest absolute Gasteiger partial charge is 0.242 e. The van der Waals surface area contributed by atoms with E-state index in [1.807, 2.05) is 18.2 Å². The van der Waals surface area contributed by atoms with Gasteiger partial charge in [0.2, 0.25) is 12.7 Å². The van der Waals surface area contributed by atoms with Crippen LogP contribution in [-0.2, 0) is 0 Å². The molecule has 0 spiro atoms. The number of rotatable bonds is 10. The van der Waals surface area contributed by atoms with Gasteiger partial charge in [-0.25, -0.2) is 4.98 Å². The predicted octanol–water partition coefficient (Wildman–Crippen LogP) is 13.8. The number of anilines is 3. The van der Waals surface area contributed by atoms with Gasteiger partial charge in [-0.2, -0.15) is 9.97 Å². The highest BCUT2D eigenvalue weighted by Gasteiger charge is 2.31. The molecule has 0 bridgehead atoms. The maximum Gasteiger partial charge on any atom is 0.242 e. The quantitative estimate of drug-likeness (QED) is 0.128. The van der Waals surface area contributed by atoms with Gasteiger partial charge in [-0.1, -0.05) is 226 Å². The number of nitrogens with zero attached hydrogens (tertiary/aromatic N) is 4. The van der Waals surface area contributed by atoms with Crippen LogP contribution in [0.5, 0.6) is 0 Å². The topological polar surface area (TPSA) is 41.9 Å². The van der Waals surface area contributed by atoms with Crippen LogP contribution in [0.25, 0.3) is 55.8 Å². The van der Waals surface area contributed by atoms with Crippen molar-refractivity contribution >= 4 is 51.2 Å². The summed E-state index contributed by atoms with van der Waals surface area (Å²) in [6.45, 7) is 15.7. The molecule has 1 aromatic heterocycles. The third kappa shape index (κ3) is 8.46. The summed E-state index contributed by atoms with van der Waals surface area (Å²) < 4.78 is 0. The zero-order valence-electron chi connectivity index (χ0n) is 39.3. The zero-order chi connectivity index (χ0) is 46.2. The molecule has 0 fully saturated rings. The zero-order valence-corrected chi connectivity index (χ0v) is 39.3. The molecule has 9 aromatic carbocycles. The Balaban J connectivity index is 1.27. The number of benzene rings is 9. The molecule has 0 atom stereocenters. The third-order valence-electron chi connectivity index (χ3n) is 13.1. The lowest BCUT2D eigenvalue weighted by molar-refractivity contribution is 1.02. The summed E-state index contributed by atoms with van der Waals surface area (Å²) >= 11 is 0. The van der Waals surface area contributed by atoms with Gasteiger partial charge in [-0.05, 0) is 99.7 Å². The standard InChI is InChI=1S/C62H53BN4/c1-40-33-43(4)58(44(5)34-40)63(59-45(6)35-41(2)36-46(59)7)52-31-32-56(42(3)37-52)67(57-39-51-28-18-17-27-50(51)38-55(57)48-23-13-9-14-24-48)62-65-60(49-25-15-10-16-26-49)64-61(66-62)54-30-20-19-29-53(54)47-21-11-8-12-22-47/h8-39H,1-7H3. The fourth-order valence-electron chi connectivity index (χ4n) is 10.3. The van der Waals surface area contributed by atoms with Crippen molar-refractivity contribution < 1.29 is 0 Å². The molecule has 0 saturated carbocycles. The first kappa shape index (κ1) is 43.0. The van der Waals surface area contributed by atoms with E-state index in [0.29, 0.717) is 17.6 Å². The van der Waals surface area contributed by atoms with Crippen molar-refractivity contribution in [3.05, 3.63) is 233 Å². The lowest BCUT2D eigenvalue weighted by Crippen LogP contribution is -2.56. The molecule has 0 saturated heterocycles. The second-order valence-electron chi connectivity index (χ2n) is 18.1. The van der Waals surface area contributed by atoms with E-state index in [1.165, 1.54) is 49.8 Å². The molecule has 0 amide bonds. The highest BCUT2D eigenvalue weighted by atomic mass is 15.3. The van der Waals surface area contributed by atoms with Crippen molar-refractivity contribution in [2.75, 3.05) is 4.90 Å². The van der Waals surface area contributed by atoms with Gasteiger partial charge in [-0.15, -0.1) is 0 Å². The maximum atomic E-state index is 5.54. The van der Waals surface area contributed by atoms with Gasteiger partial charge in [-0.3, -0.25) is 4.90 Å². The van der Waals surface area contributed by atoms with E-state index in [2.05, 4.69) is 229 Å². The van der Waals surface area contributed by atoms with Crippen LogP contribution < -0.4 is 21.3 Å². The molecule has 0 N–H and O–H groups in total. The highest BCUT2D eigenvalue weighted by Crippen LogP contribution is 2.44. The fraction of sp³-hybridized carbons (Fsp3) is 0.113. The van der Waals surface area contributed by atoms with Crippen LogP contribution in [0.4, 0.5) is 17.3 Å². The summed E-state index contributed by atoms with van der Waals surface area (Å²) in [6, 6.07) is 69.4. The van der Waals surface area contributed by atoms with Crippen molar-refractivity contribution in [2.24, 2.45) is 0 Å². The van der Waals surface area contributed by atoms with Crippen molar-refractivity contribution in [1.82, 2.24) is 15.0 Å². The minimum absolute atomic E-state index is 0.0193. The van der Waals surface area contributed by atoms with Gasteiger partial charge in [0.15, 0.2) is 11.6 Å². The van der Waals surface area contributed by atoms with Gasteiger partial charge < -0.3 is 0 Å². The minimum atomic E-state index is 0.0193. The second kappa shape index (κ2) is 18.2. The molecule has 324 valence electrons. The average molecular weight is 865 g/mol. The summed E-state index contributed by atoms with van der Waals surface area (Å²) in [7, 11) is 0. The molecule has 0 aliphatic rings. The predicted molar refractivity (Wildman–Crippen MR) is 284 cm³/mol. The van der Waals surface area contributed by atoms with E-state index in [4.69, 9.17) is 15.0 Å². The van der Waals surface area contributed by atoms with Crippen LogP contribution in [0.2, 0.25) is 0 Å². The molecule has 10 rings (SSSR count). The average Bonchev–Trinajstić information content (AvgIpc) is 3.34. The molecule has 1 heterocycles. The van der Waals surface area contributed by atoms with Crippen LogP contribution in [0.15, 0.2) is 194 Å². The van der Waals surface area contributed by atoms with Crippen molar-refractivity contribution in [3.8, 4) is 45.0 Å². The minimum Gasteiger partial charge on any atom is -0.278 e. The Morgan fingerprint density at radius 1 is 0.343 bits per heavy atom. The summed E-state index contributed by atoms with van der Waals surface area (Å²) in [6.07, 6.45) is 0. The van der Waals surface area contributed by atoms with Crippen molar-refractivity contribution in [2.45, 2.75) is 48.5 Å². The maximum absolute atomic E-state index is 5.54. The Morgan fingerprint density at radius 3 is 1.36 bits per heavy atom. The number of fused-ring (bicyclic) bond motifs is 1. The fourth-order valence-corrected chi connectivity index (χ4v) is 10.3. The number of aromatic nitrogens is 3. The van der Waals surface area contributed by atoms with Gasteiger partial charge in [0.1, 0.15) is 0 Å². The first-order chi connectivity index (χ1) is 32.6. The monoisotopic (exact) mass is 864 g/mol. The van der Waals surface area contributed by atoms with E-state index in [1.54, 1.807) is 0 Å². The number of hydrogen-bond donors (Lipinski definition) is 0.